The van der Waals surface area contributed by atoms with Crippen LogP contribution in [0.5, 0.6) is 11.5 Å². The smallest absolute Gasteiger partial charge is 0.343 e. The minimum Gasteiger partial charge on any atom is -0.419 e. The first-order valence-electron chi connectivity index (χ1n) is 13.3. The molecule has 0 atom stereocenters. The Hall–Kier alpha value is -3.40. The normalized spacial score (nSPS) is 13.5. The van der Waals surface area contributed by atoms with E-state index in [2.05, 4.69) is 19.9 Å². The Bertz CT molecular complexity index is 1160. The number of hydrogen-bond acceptors (Lipinski definition) is 4. The molecule has 0 radical (unpaired) electrons. The maximum Gasteiger partial charge on any atom is 0.343 e. The molecular weight excluding hydrogens is 448 g/mol. The van der Waals surface area contributed by atoms with E-state index in [-0.39, 0.29) is 0 Å². The Kier molecular flexibility index (Phi) is 8.94. The van der Waals surface area contributed by atoms with Gasteiger partial charge in [-0.1, -0.05) is 82.0 Å². The van der Waals surface area contributed by atoms with Gasteiger partial charge in [0.15, 0.2) is 11.5 Å². The average Bonchev–Trinajstić information content (AvgIpc) is 3.45. The Balaban J connectivity index is 1.86. The SMILES string of the molecule is CCCCc1c(C2CCCC2)cc(CCC)c(OC(=O)c2ccccc2)c1OC(=O)c1ccccc1. The predicted molar refractivity (Wildman–Crippen MR) is 143 cm³/mol. The second kappa shape index (κ2) is 12.5. The van der Waals surface area contributed by atoms with Crippen LogP contribution in [0.3, 0.4) is 0 Å². The molecule has 4 heteroatoms. The Morgan fingerprint density at radius 2 is 1.31 bits per heavy atom. The third-order valence-corrected chi connectivity index (χ3v) is 6.95. The summed E-state index contributed by atoms with van der Waals surface area (Å²) in [6.45, 7) is 4.27. The molecule has 0 aromatic heterocycles. The lowest BCUT2D eigenvalue weighted by Gasteiger charge is -2.24. The van der Waals surface area contributed by atoms with Gasteiger partial charge in [0.1, 0.15) is 0 Å². The fraction of sp³-hybridized carbons (Fsp3) is 0.375. The van der Waals surface area contributed by atoms with Crippen LogP contribution in [0.1, 0.15) is 102 Å². The van der Waals surface area contributed by atoms with Gasteiger partial charge in [0, 0.05) is 5.56 Å². The standard InChI is InChI=1S/C32H36O4/c1-3-5-21-27-28(23-15-12-13-16-23)22-26(14-4-2)29(35-31(33)24-17-8-6-9-18-24)30(27)36-32(34)25-19-10-7-11-20-25/h6-11,17-20,22-23H,3-5,12-16,21H2,1-2H3. The van der Waals surface area contributed by atoms with Gasteiger partial charge >= 0.3 is 11.9 Å². The molecule has 1 saturated carbocycles. The summed E-state index contributed by atoms with van der Waals surface area (Å²) in [7, 11) is 0. The molecule has 0 heterocycles. The fourth-order valence-corrected chi connectivity index (χ4v) is 5.09. The molecule has 3 aromatic rings. The van der Waals surface area contributed by atoms with E-state index < -0.39 is 11.9 Å². The zero-order valence-electron chi connectivity index (χ0n) is 21.4. The van der Waals surface area contributed by atoms with Crippen molar-refractivity contribution in [1.29, 1.82) is 0 Å². The van der Waals surface area contributed by atoms with E-state index in [1.807, 2.05) is 36.4 Å². The van der Waals surface area contributed by atoms with Gasteiger partial charge in [-0.3, -0.25) is 0 Å². The Morgan fingerprint density at radius 1 is 0.750 bits per heavy atom. The number of benzene rings is 3. The molecule has 0 N–H and O–H groups in total. The van der Waals surface area contributed by atoms with Crippen LogP contribution < -0.4 is 9.47 Å². The zero-order valence-corrected chi connectivity index (χ0v) is 21.4. The van der Waals surface area contributed by atoms with Gasteiger partial charge in [-0.25, -0.2) is 9.59 Å². The largest absolute Gasteiger partial charge is 0.419 e. The number of aryl methyl sites for hydroxylation is 1. The lowest BCUT2D eigenvalue weighted by Crippen LogP contribution is -2.17. The van der Waals surface area contributed by atoms with Gasteiger partial charge in [-0.05, 0) is 73.4 Å². The van der Waals surface area contributed by atoms with Crippen LogP contribution >= 0.6 is 0 Å². The number of hydrogen-bond donors (Lipinski definition) is 0. The van der Waals surface area contributed by atoms with E-state index in [9.17, 15) is 9.59 Å². The molecule has 0 spiro atoms. The van der Waals surface area contributed by atoms with Crippen LogP contribution in [0.4, 0.5) is 0 Å². The third kappa shape index (κ3) is 6.04. The summed E-state index contributed by atoms with van der Waals surface area (Å²) >= 11 is 0. The van der Waals surface area contributed by atoms with Gasteiger partial charge < -0.3 is 9.47 Å². The van der Waals surface area contributed by atoms with Crippen molar-refractivity contribution in [2.24, 2.45) is 0 Å². The third-order valence-electron chi connectivity index (χ3n) is 6.95. The van der Waals surface area contributed by atoms with Crippen molar-refractivity contribution in [2.45, 2.75) is 77.6 Å². The average molecular weight is 485 g/mol. The van der Waals surface area contributed by atoms with E-state index >= 15 is 0 Å². The summed E-state index contributed by atoms with van der Waals surface area (Å²) < 4.78 is 12.2. The molecule has 4 rings (SSSR count). The molecular formula is C32H36O4. The van der Waals surface area contributed by atoms with Crippen molar-refractivity contribution in [2.75, 3.05) is 0 Å². The molecule has 36 heavy (non-hydrogen) atoms. The highest BCUT2D eigenvalue weighted by Crippen LogP contribution is 2.46. The first-order valence-corrected chi connectivity index (χ1v) is 13.3. The molecule has 1 fully saturated rings. The number of ether oxygens (including phenoxy) is 2. The molecule has 0 unspecified atom stereocenters. The molecule has 3 aromatic carbocycles. The summed E-state index contributed by atoms with van der Waals surface area (Å²) in [5, 5.41) is 0. The monoisotopic (exact) mass is 484 g/mol. The molecule has 4 nitrogen and oxygen atoms in total. The second-order valence-electron chi connectivity index (χ2n) is 9.61. The van der Waals surface area contributed by atoms with Crippen molar-refractivity contribution < 1.29 is 19.1 Å². The van der Waals surface area contributed by atoms with Gasteiger partial charge in [-0.15, -0.1) is 0 Å². The number of unbranched alkanes of at least 4 members (excludes halogenated alkanes) is 1. The van der Waals surface area contributed by atoms with Crippen LogP contribution in [0.25, 0.3) is 0 Å². The number of carbonyl (C=O) groups is 2. The van der Waals surface area contributed by atoms with Gasteiger partial charge in [0.05, 0.1) is 11.1 Å². The molecule has 188 valence electrons. The second-order valence-corrected chi connectivity index (χ2v) is 9.61. The molecule has 0 saturated heterocycles. The molecule has 1 aliphatic carbocycles. The minimum absolute atomic E-state index is 0.392. The molecule has 0 amide bonds. The number of rotatable bonds is 10. The molecule has 0 aliphatic heterocycles. The lowest BCUT2D eigenvalue weighted by atomic mass is 9.87. The van der Waals surface area contributed by atoms with E-state index in [0.29, 0.717) is 28.5 Å². The summed E-state index contributed by atoms with van der Waals surface area (Å²) in [5.41, 5.74) is 4.15. The highest BCUT2D eigenvalue weighted by molar-refractivity contribution is 5.93. The maximum absolute atomic E-state index is 13.3. The van der Waals surface area contributed by atoms with Crippen molar-refractivity contribution in [3.05, 3.63) is 94.5 Å². The van der Waals surface area contributed by atoms with Crippen molar-refractivity contribution in [1.82, 2.24) is 0 Å². The highest BCUT2D eigenvalue weighted by atomic mass is 16.6. The Labute approximate surface area is 214 Å². The summed E-state index contributed by atoms with van der Waals surface area (Å²) in [6.07, 6.45) is 9.10. The zero-order chi connectivity index (χ0) is 25.3. The van der Waals surface area contributed by atoms with Crippen LogP contribution in [0.2, 0.25) is 0 Å². The van der Waals surface area contributed by atoms with E-state index in [0.717, 1.165) is 56.1 Å². The van der Waals surface area contributed by atoms with Gasteiger partial charge in [0.2, 0.25) is 0 Å². The van der Waals surface area contributed by atoms with E-state index in [1.54, 1.807) is 24.3 Å². The summed E-state index contributed by atoms with van der Waals surface area (Å²) in [4.78, 5) is 26.5. The Morgan fingerprint density at radius 3 is 1.83 bits per heavy atom. The lowest BCUT2D eigenvalue weighted by molar-refractivity contribution is 0.0679. The molecule has 0 bridgehead atoms. The minimum atomic E-state index is -0.444. The van der Waals surface area contributed by atoms with Crippen LogP contribution in [-0.4, -0.2) is 11.9 Å². The quantitative estimate of drug-likeness (QED) is 0.216. The molecule has 1 aliphatic rings. The van der Waals surface area contributed by atoms with E-state index in [4.69, 9.17) is 9.47 Å². The first kappa shape index (κ1) is 25.7. The summed E-state index contributed by atoms with van der Waals surface area (Å²) in [6, 6.07) is 20.2. The van der Waals surface area contributed by atoms with Crippen LogP contribution in [-0.2, 0) is 12.8 Å². The van der Waals surface area contributed by atoms with Gasteiger partial charge in [-0.2, -0.15) is 0 Å². The highest BCUT2D eigenvalue weighted by Gasteiger charge is 2.29. The van der Waals surface area contributed by atoms with Crippen LogP contribution in [0, 0.1) is 0 Å². The summed E-state index contributed by atoms with van der Waals surface area (Å²) in [5.74, 6) is 0.384. The van der Waals surface area contributed by atoms with Crippen LogP contribution in [0.15, 0.2) is 66.7 Å². The maximum atomic E-state index is 13.3. The topological polar surface area (TPSA) is 52.6 Å². The van der Waals surface area contributed by atoms with Crippen molar-refractivity contribution in [3.8, 4) is 11.5 Å². The van der Waals surface area contributed by atoms with Crippen molar-refractivity contribution in [3.63, 3.8) is 0 Å². The van der Waals surface area contributed by atoms with Crippen molar-refractivity contribution >= 4 is 11.9 Å². The fourth-order valence-electron chi connectivity index (χ4n) is 5.09. The first-order chi connectivity index (χ1) is 17.6. The number of carbonyl (C=O) groups excluding carboxylic acids is 2. The van der Waals surface area contributed by atoms with E-state index in [1.165, 1.54) is 18.4 Å². The number of esters is 2. The predicted octanol–water partition coefficient (Wildman–Crippen LogP) is 8.08. The van der Waals surface area contributed by atoms with Gasteiger partial charge in [0.25, 0.3) is 0 Å².